The van der Waals surface area contributed by atoms with Crippen molar-refractivity contribution in [1.29, 1.82) is 0 Å². The van der Waals surface area contributed by atoms with Gasteiger partial charge in [0.05, 0.1) is 17.7 Å². The van der Waals surface area contributed by atoms with Crippen molar-refractivity contribution in [3.8, 4) is 0 Å². The van der Waals surface area contributed by atoms with Gasteiger partial charge in [0.25, 0.3) is 0 Å². The number of thiophene rings is 1. The second-order valence-corrected chi connectivity index (χ2v) is 11.3. The Morgan fingerprint density at radius 2 is 1.93 bits per heavy atom. The fraction of sp³-hybridized carbons (Fsp3) is 0.739. The summed E-state index contributed by atoms with van der Waals surface area (Å²) in [6, 6.07) is 3.12. The summed E-state index contributed by atoms with van der Waals surface area (Å²) < 4.78 is 0. The van der Waals surface area contributed by atoms with E-state index in [1.165, 1.54) is 6.42 Å². The Hall–Kier alpha value is -1.60. The molecule has 1 aromatic rings. The minimum atomic E-state index is -1.09. The molecule has 2 fully saturated rings. The smallest absolute Gasteiger partial charge is 0.318 e. The maximum absolute atomic E-state index is 13.3. The molecular weight excluding hydrogens is 398 g/mol. The first-order valence-electron chi connectivity index (χ1n) is 11.2. The van der Waals surface area contributed by atoms with Crippen LogP contribution < -0.4 is 10.6 Å². The molecule has 3 amide bonds. The molecule has 30 heavy (non-hydrogen) atoms. The third kappa shape index (κ3) is 5.76. The molecule has 0 radical (unpaired) electrons. The Morgan fingerprint density at radius 3 is 2.53 bits per heavy atom. The second-order valence-electron chi connectivity index (χ2n) is 10.3. The quantitative estimate of drug-likeness (QED) is 0.663. The number of urea groups is 1. The number of carbonyl (C=O) groups excluding carboxylic acids is 2. The van der Waals surface area contributed by atoms with E-state index in [1.807, 2.05) is 43.2 Å². The number of carbonyl (C=O) groups is 2. The van der Waals surface area contributed by atoms with Crippen LogP contribution >= 0.6 is 11.3 Å². The molecule has 1 aromatic heterocycles. The number of hydrogen-bond donors (Lipinski definition) is 3. The van der Waals surface area contributed by atoms with Crippen LogP contribution in [-0.4, -0.2) is 46.2 Å². The fourth-order valence-corrected chi connectivity index (χ4v) is 5.49. The number of piperidine rings is 1. The number of aliphatic hydroxyl groups is 1. The van der Waals surface area contributed by atoms with Crippen LogP contribution in [0.3, 0.4) is 0 Å². The molecule has 3 atom stereocenters. The topological polar surface area (TPSA) is 81.7 Å². The lowest BCUT2D eigenvalue weighted by atomic mass is 9.81. The first kappa shape index (κ1) is 23.1. The molecule has 3 N–H and O–H groups in total. The van der Waals surface area contributed by atoms with Crippen LogP contribution in [0.4, 0.5) is 4.79 Å². The molecule has 1 saturated carbocycles. The number of amides is 3. The summed E-state index contributed by atoms with van der Waals surface area (Å²) in [4.78, 5) is 28.9. The maximum atomic E-state index is 13.3. The number of nitrogens with one attached hydrogen (secondary N) is 2. The highest BCUT2D eigenvalue weighted by Gasteiger charge is 2.48. The molecule has 7 heteroatoms. The minimum Gasteiger partial charge on any atom is -0.388 e. The van der Waals surface area contributed by atoms with Gasteiger partial charge in [0.2, 0.25) is 5.91 Å². The van der Waals surface area contributed by atoms with Crippen LogP contribution in [0.25, 0.3) is 0 Å². The summed E-state index contributed by atoms with van der Waals surface area (Å²) in [7, 11) is 0. The molecule has 0 aromatic carbocycles. The Balaban J connectivity index is 1.84. The Morgan fingerprint density at radius 1 is 1.23 bits per heavy atom. The molecule has 2 aliphatic rings. The van der Waals surface area contributed by atoms with Crippen molar-refractivity contribution in [3.05, 3.63) is 22.4 Å². The van der Waals surface area contributed by atoms with Gasteiger partial charge in [-0.1, -0.05) is 46.1 Å². The summed E-state index contributed by atoms with van der Waals surface area (Å²) >= 11 is 1.56. The zero-order chi connectivity index (χ0) is 21.9. The van der Waals surface area contributed by atoms with Gasteiger partial charge in [-0.05, 0) is 43.0 Å². The Kier molecular flexibility index (Phi) is 7.13. The zero-order valence-electron chi connectivity index (χ0n) is 18.7. The number of likely N-dealkylation sites (tertiary alicyclic amines) is 1. The van der Waals surface area contributed by atoms with Gasteiger partial charge in [0.1, 0.15) is 0 Å². The van der Waals surface area contributed by atoms with Crippen LogP contribution in [0.2, 0.25) is 0 Å². The first-order chi connectivity index (χ1) is 14.1. The zero-order valence-corrected chi connectivity index (χ0v) is 19.6. The number of nitrogens with zero attached hydrogens (tertiary/aromatic N) is 1. The lowest BCUT2D eigenvalue weighted by Gasteiger charge is -2.49. The van der Waals surface area contributed by atoms with Crippen molar-refractivity contribution in [2.24, 2.45) is 5.41 Å². The van der Waals surface area contributed by atoms with Gasteiger partial charge in [-0.3, -0.25) is 4.79 Å². The highest BCUT2D eigenvalue weighted by Crippen LogP contribution is 2.39. The summed E-state index contributed by atoms with van der Waals surface area (Å²) in [6.07, 6.45) is 6.37. The molecule has 1 aliphatic carbocycles. The molecule has 6 nitrogen and oxygen atoms in total. The van der Waals surface area contributed by atoms with Crippen molar-refractivity contribution < 1.29 is 14.7 Å². The van der Waals surface area contributed by atoms with Gasteiger partial charge >= 0.3 is 6.03 Å². The fourth-order valence-electron chi connectivity index (χ4n) is 4.61. The Labute approximate surface area is 184 Å². The number of rotatable bonds is 4. The first-order valence-corrected chi connectivity index (χ1v) is 12.1. The van der Waals surface area contributed by atoms with Crippen molar-refractivity contribution in [3.63, 3.8) is 0 Å². The van der Waals surface area contributed by atoms with E-state index >= 15 is 0 Å². The van der Waals surface area contributed by atoms with E-state index in [4.69, 9.17) is 0 Å². The van der Waals surface area contributed by atoms with Crippen LogP contribution in [0.1, 0.15) is 83.6 Å². The lowest BCUT2D eigenvalue weighted by molar-refractivity contribution is -0.129. The predicted octanol–water partition coefficient (Wildman–Crippen LogP) is 4.21. The third-order valence-electron chi connectivity index (χ3n) is 6.22. The monoisotopic (exact) mass is 435 g/mol. The second kappa shape index (κ2) is 9.27. The average Bonchev–Trinajstić information content (AvgIpc) is 3.16. The van der Waals surface area contributed by atoms with Gasteiger partial charge in [0.15, 0.2) is 0 Å². The molecule has 1 saturated heterocycles. The predicted molar refractivity (Wildman–Crippen MR) is 120 cm³/mol. The standard InChI is InChI=1S/C23H37N3O3S/c1-22(2,3)15-18(27)25-20-19(17-11-8-14-30-17)26(13-12-23(20,4)29)21(28)24-16-9-6-5-7-10-16/h8,11,14,16,19-20,29H,5-7,9-10,12-13,15H2,1-4H3,(H,24,28)(H,25,27). The average molecular weight is 436 g/mol. The van der Waals surface area contributed by atoms with E-state index in [0.717, 1.165) is 30.6 Å². The molecule has 0 spiro atoms. The summed E-state index contributed by atoms with van der Waals surface area (Å²) in [5.41, 5.74) is -1.25. The molecule has 2 heterocycles. The van der Waals surface area contributed by atoms with E-state index in [9.17, 15) is 14.7 Å². The summed E-state index contributed by atoms with van der Waals surface area (Å²) in [6.45, 7) is 8.29. The van der Waals surface area contributed by atoms with Crippen molar-refractivity contribution in [1.82, 2.24) is 15.5 Å². The molecule has 168 valence electrons. The minimum absolute atomic E-state index is 0.0918. The van der Waals surface area contributed by atoms with Crippen LogP contribution in [0, 0.1) is 5.41 Å². The lowest BCUT2D eigenvalue weighted by Crippen LogP contribution is -2.64. The third-order valence-corrected chi connectivity index (χ3v) is 7.16. The Bertz CT molecular complexity index is 721. The van der Waals surface area contributed by atoms with Crippen molar-refractivity contribution in [2.45, 2.75) is 96.4 Å². The number of hydrogen-bond acceptors (Lipinski definition) is 4. The molecular formula is C23H37N3O3S. The SMILES string of the molecule is CC(C)(C)CC(=O)NC1C(c2cccs2)N(C(=O)NC2CCCCC2)CCC1(C)O. The largest absolute Gasteiger partial charge is 0.388 e. The molecule has 3 rings (SSSR count). The highest BCUT2D eigenvalue weighted by atomic mass is 32.1. The van der Waals surface area contributed by atoms with E-state index in [-0.39, 0.29) is 29.4 Å². The molecule has 0 bridgehead atoms. The van der Waals surface area contributed by atoms with Gasteiger partial charge in [-0.25, -0.2) is 4.79 Å². The van der Waals surface area contributed by atoms with Crippen molar-refractivity contribution >= 4 is 23.3 Å². The van der Waals surface area contributed by atoms with Gasteiger partial charge in [-0.2, -0.15) is 0 Å². The normalized spacial score (nSPS) is 28.2. The van der Waals surface area contributed by atoms with Crippen LogP contribution in [0.5, 0.6) is 0 Å². The maximum Gasteiger partial charge on any atom is 0.318 e. The van der Waals surface area contributed by atoms with E-state index in [2.05, 4.69) is 10.6 Å². The molecule has 3 unspecified atom stereocenters. The summed E-state index contributed by atoms with van der Waals surface area (Å²) in [5, 5.41) is 19.5. The van der Waals surface area contributed by atoms with Crippen LogP contribution in [0.15, 0.2) is 17.5 Å². The van der Waals surface area contributed by atoms with Crippen molar-refractivity contribution in [2.75, 3.05) is 6.54 Å². The van der Waals surface area contributed by atoms with E-state index < -0.39 is 11.6 Å². The van der Waals surface area contributed by atoms with E-state index in [0.29, 0.717) is 19.4 Å². The van der Waals surface area contributed by atoms with Crippen LogP contribution in [-0.2, 0) is 4.79 Å². The van der Waals surface area contributed by atoms with Gasteiger partial charge < -0.3 is 20.6 Å². The van der Waals surface area contributed by atoms with E-state index in [1.54, 1.807) is 18.3 Å². The van der Waals surface area contributed by atoms with Gasteiger partial charge in [-0.15, -0.1) is 11.3 Å². The van der Waals surface area contributed by atoms with Gasteiger partial charge in [0, 0.05) is 23.9 Å². The highest BCUT2D eigenvalue weighted by molar-refractivity contribution is 7.10. The summed E-state index contributed by atoms with van der Waals surface area (Å²) in [5.74, 6) is -0.0936. The molecule has 1 aliphatic heterocycles.